The Morgan fingerprint density at radius 1 is 1.30 bits per heavy atom. The standard InChI is InChI=1S/C17H17N3O2S/c1-3-11-10-23-15(20-11)9-19-14-6-4-5-13-12(14)7-8-18-16(13)17(21)22-2/h4-8,10,19H,3,9H2,1-2H3. The third-order valence-corrected chi connectivity index (χ3v) is 4.47. The third-order valence-electron chi connectivity index (χ3n) is 3.58. The number of anilines is 1. The number of aromatic nitrogens is 2. The van der Waals surface area contributed by atoms with Crippen molar-refractivity contribution in [3.63, 3.8) is 0 Å². The topological polar surface area (TPSA) is 64.1 Å². The summed E-state index contributed by atoms with van der Waals surface area (Å²) < 4.78 is 4.80. The van der Waals surface area contributed by atoms with E-state index in [0.29, 0.717) is 12.2 Å². The minimum atomic E-state index is -0.430. The van der Waals surface area contributed by atoms with Gasteiger partial charge in [-0.05, 0) is 18.6 Å². The molecule has 0 aliphatic heterocycles. The van der Waals surface area contributed by atoms with Gasteiger partial charge in [0.2, 0.25) is 0 Å². The predicted octanol–water partition coefficient (Wildman–Crippen LogP) is 3.65. The molecule has 0 amide bonds. The van der Waals surface area contributed by atoms with Crippen LogP contribution in [0.5, 0.6) is 0 Å². The van der Waals surface area contributed by atoms with Crippen molar-refractivity contribution in [2.75, 3.05) is 12.4 Å². The summed E-state index contributed by atoms with van der Waals surface area (Å²) in [6, 6.07) is 7.65. The Morgan fingerprint density at radius 2 is 2.17 bits per heavy atom. The number of hydrogen-bond donors (Lipinski definition) is 1. The first kappa shape index (κ1) is 15.4. The van der Waals surface area contributed by atoms with Gasteiger partial charge in [-0.2, -0.15) is 0 Å². The van der Waals surface area contributed by atoms with Crippen LogP contribution < -0.4 is 5.32 Å². The van der Waals surface area contributed by atoms with Crippen molar-refractivity contribution in [1.82, 2.24) is 9.97 Å². The van der Waals surface area contributed by atoms with Crippen LogP contribution in [-0.2, 0) is 17.7 Å². The molecule has 0 radical (unpaired) electrons. The highest BCUT2D eigenvalue weighted by Gasteiger charge is 2.13. The van der Waals surface area contributed by atoms with Gasteiger partial charge in [-0.25, -0.2) is 14.8 Å². The van der Waals surface area contributed by atoms with E-state index in [4.69, 9.17) is 4.74 Å². The van der Waals surface area contributed by atoms with E-state index in [1.807, 2.05) is 24.3 Å². The number of carbonyl (C=O) groups excluding carboxylic acids is 1. The second-order valence-electron chi connectivity index (χ2n) is 4.99. The number of benzene rings is 1. The molecule has 0 atom stereocenters. The van der Waals surface area contributed by atoms with E-state index in [-0.39, 0.29) is 0 Å². The second-order valence-corrected chi connectivity index (χ2v) is 5.93. The van der Waals surface area contributed by atoms with E-state index in [1.54, 1.807) is 17.5 Å². The Kier molecular flexibility index (Phi) is 4.52. The number of pyridine rings is 1. The lowest BCUT2D eigenvalue weighted by molar-refractivity contribution is 0.0596. The highest BCUT2D eigenvalue weighted by atomic mass is 32.1. The minimum Gasteiger partial charge on any atom is -0.464 e. The van der Waals surface area contributed by atoms with Gasteiger partial charge < -0.3 is 10.1 Å². The number of nitrogens with zero attached hydrogens (tertiary/aromatic N) is 2. The van der Waals surface area contributed by atoms with Crippen molar-refractivity contribution in [3.05, 3.63) is 52.2 Å². The van der Waals surface area contributed by atoms with E-state index in [0.717, 1.165) is 33.6 Å². The molecule has 2 aromatic heterocycles. The van der Waals surface area contributed by atoms with Crippen LogP contribution in [0, 0.1) is 0 Å². The largest absolute Gasteiger partial charge is 0.464 e. The molecule has 0 saturated heterocycles. The lowest BCUT2D eigenvalue weighted by Crippen LogP contribution is -2.06. The molecule has 3 rings (SSSR count). The number of esters is 1. The van der Waals surface area contributed by atoms with Gasteiger partial charge in [0.1, 0.15) is 5.01 Å². The van der Waals surface area contributed by atoms with Crippen LogP contribution >= 0.6 is 11.3 Å². The fraction of sp³-hybridized carbons (Fsp3) is 0.235. The van der Waals surface area contributed by atoms with E-state index >= 15 is 0 Å². The third kappa shape index (κ3) is 3.17. The first-order chi connectivity index (χ1) is 11.2. The highest BCUT2D eigenvalue weighted by Crippen LogP contribution is 2.26. The zero-order valence-electron chi connectivity index (χ0n) is 13.0. The number of ether oxygens (including phenoxy) is 1. The number of nitrogens with one attached hydrogen (secondary N) is 1. The molecule has 0 bridgehead atoms. The van der Waals surface area contributed by atoms with Crippen LogP contribution in [-0.4, -0.2) is 23.0 Å². The fourth-order valence-corrected chi connectivity index (χ4v) is 3.20. The van der Waals surface area contributed by atoms with Crippen molar-refractivity contribution in [2.24, 2.45) is 0 Å². The zero-order chi connectivity index (χ0) is 16.2. The number of fused-ring (bicyclic) bond motifs is 1. The average molecular weight is 327 g/mol. The van der Waals surface area contributed by atoms with E-state index in [2.05, 4.69) is 27.6 Å². The quantitative estimate of drug-likeness (QED) is 0.725. The van der Waals surface area contributed by atoms with Gasteiger partial charge in [-0.1, -0.05) is 19.1 Å². The molecule has 0 fully saturated rings. The Bertz CT molecular complexity index is 845. The molecule has 0 spiro atoms. The maximum absolute atomic E-state index is 11.8. The molecule has 0 unspecified atom stereocenters. The maximum Gasteiger partial charge on any atom is 0.357 e. The van der Waals surface area contributed by atoms with Gasteiger partial charge in [-0.15, -0.1) is 11.3 Å². The van der Waals surface area contributed by atoms with Crippen LogP contribution in [0.3, 0.4) is 0 Å². The lowest BCUT2D eigenvalue weighted by atomic mass is 10.1. The van der Waals surface area contributed by atoms with Crippen molar-refractivity contribution < 1.29 is 9.53 Å². The van der Waals surface area contributed by atoms with Crippen LogP contribution in [0.15, 0.2) is 35.8 Å². The number of methoxy groups -OCH3 is 1. The van der Waals surface area contributed by atoms with Crippen molar-refractivity contribution in [3.8, 4) is 0 Å². The van der Waals surface area contributed by atoms with Gasteiger partial charge in [0.25, 0.3) is 0 Å². The molecule has 0 aliphatic carbocycles. The first-order valence-corrected chi connectivity index (χ1v) is 8.24. The Balaban J connectivity index is 1.90. The summed E-state index contributed by atoms with van der Waals surface area (Å²) in [5.41, 5.74) is 2.39. The summed E-state index contributed by atoms with van der Waals surface area (Å²) >= 11 is 1.65. The lowest BCUT2D eigenvalue weighted by Gasteiger charge is -2.10. The van der Waals surface area contributed by atoms with Crippen LogP contribution in [0.1, 0.15) is 28.1 Å². The molecule has 5 nitrogen and oxygen atoms in total. The molecule has 6 heteroatoms. The molecule has 2 heterocycles. The number of carbonyl (C=O) groups is 1. The van der Waals surface area contributed by atoms with E-state index in [1.165, 1.54) is 7.11 Å². The molecule has 1 N–H and O–H groups in total. The Labute approximate surface area is 138 Å². The molecular formula is C17H17N3O2S. The molecule has 0 aliphatic rings. The average Bonchev–Trinajstić information content (AvgIpc) is 3.06. The first-order valence-electron chi connectivity index (χ1n) is 7.36. The summed E-state index contributed by atoms with van der Waals surface area (Å²) in [5, 5.41) is 8.23. The van der Waals surface area contributed by atoms with Gasteiger partial charge in [0.05, 0.1) is 19.3 Å². The summed E-state index contributed by atoms with van der Waals surface area (Å²) in [5.74, 6) is -0.430. The van der Waals surface area contributed by atoms with Crippen LogP contribution in [0.2, 0.25) is 0 Å². The summed E-state index contributed by atoms with van der Waals surface area (Å²) in [4.78, 5) is 20.5. The normalized spacial score (nSPS) is 10.7. The molecule has 1 aromatic carbocycles. The Hall–Kier alpha value is -2.47. The van der Waals surface area contributed by atoms with Crippen molar-refractivity contribution in [1.29, 1.82) is 0 Å². The number of aryl methyl sites for hydroxylation is 1. The predicted molar refractivity (Wildman–Crippen MR) is 91.9 cm³/mol. The molecule has 23 heavy (non-hydrogen) atoms. The van der Waals surface area contributed by atoms with E-state index < -0.39 is 5.97 Å². The number of thiazole rings is 1. The second kappa shape index (κ2) is 6.75. The summed E-state index contributed by atoms with van der Waals surface area (Å²) in [6.07, 6.45) is 2.57. The van der Waals surface area contributed by atoms with Crippen LogP contribution in [0.4, 0.5) is 5.69 Å². The van der Waals surface area contributed by atoms with Crippen molar-refractivity contribution in [2.45, 2.75) is 19.9 Å². The Morgan fingerprint density at radius 3 is 2.91 bits per heavy atom. The van der Waals surface area contributed by atoms with Gasteiger partial charge in [0.15, 0.2) is 5.69 Å². The summed E-state index contributed by atoms with van der Waals surface area (Å²) in [7, 11) is 1.36. The minimum absolute atomic E-state index is 0.330. The maximum atomic E-state index is 11.8. The molecule has 3 aromatic rings. The smallest absolute Gasteiger partial charge is 0.357 e. The van der Waals surface area contributed by atoms with E-state index in [9.17, 15) is 4.79 Å². The van der Waals surface area contributed by atoms with Gasteiger partial charge in [-0.3, -0.25) is 0 Å². The molecule has 0 saturated carbocycles. The van der Waals surface area contributed by atoms with Gasteiger partial charge in [0, 0.05) is 28.0 Å². The fourth-order valence-electron chi connectivity index (χ4n) is 2.38. The number of rotatable bonds is 5. The molecular weight excluding hydrogens is 310 g/mol. The summed E-state index contributed by atoms with van der Waals surface area (Å²) in [6.45, 7) is 2.75. The van der Waals surface area contributed by atoms with Crippen LogP contribution in [0.25, 0.3) is 10.8 Å². The zero-order valence-corrected chi connectivity index (χ0v) is 13.8. The highest BCUT2D eigenvalue weighted by molar-refractivity contribution is 7.09. The monoisotopic (exact) mass is 327 g/mol. The molecule has 118 valence electrons. The number of hydrogen-bond acceptors (Lipinski definition) is 6. The van der Waals surface area contributed by atoms with Crippen molar-refractivity contribution >= 4 is 33.8 Å². The SMILES string of the molecule is CCc1csc(CNc2cccc3c(C(=O)OC)nccc23)n1. The van der Waals surface area contributed by atoms with Gasteiger partial charge >= 0.3 is 5.97 Å².